The van der Waals surface area contributed by atoms with Gasteiger partial charge in [-0.2, -0.15) is 4.52 Å². The number of amides is 1. The summed E-state index contributed by atoms with van der Waals surface area (Å²) in [6.45, 7) is 0.734. The molecule has 1 amide bonds. The fraction of sp³-hybridized carbons (Fsp3) is 0.333. The van der Waals surface area contributed by atoms with Crippen LogP contribution in [-0.4, -0.2) is 46.0 Å². The average Bonchev–Trinajstić information content (AvgIpc) is 3.62. The second-order valence-electron chi connectivity index (χ2n) is 8.07. The number of nitrogens with zero attached hydrogens (tertiary/aromatic N) is 4. The van der Waals surface area contributed by atoms with Crippen LogP contribution in [0.2, 0.25) is 0 Å². The van der Waals surface area contributed by atoms with Crippen molar-refractivity contribution in [3.8, 4) is 23.0 Å². The Kier molecular flexibility index (Phi) is 5.95. The number of hydrogen-bond acceptors (Lipinski definition) is 7. The van der Waals surface area contributed by atoms with Gasteiger partial charge in [-0.15, -0.1) is 26.6 Å². The number of fused-ring (bicyclic) bond motifs is 1. The summed E-state index contributed by atoms with van der Waals surface area (Å²) in [6.07, 6.45) is 3.97. The van der Waals surface area contributed by atoms with E-state index in [4.69, 9.17) is 9.47 Å². The van der Waals surface area contributed by atoms with E-state index in [0.717, 1.165) is 41.9 Å². The van der Waals surface area contributed by atoms with E-state index in [1.54, 1.807) is 29.0 Å². The maximum Gasteiger partial charge on any atom is 0.231 e. The number of aromatic nitrogens is 4. The van der Waals surface area contributed by atoms with Gasteiger partial charge in [0.15, 0.2) is 11.5 Å². The van der Waals surface area contributed by atoms with E-state index in [0.29, 0.717) is 30.5 Å². The van der Waals surface area contributed by atoms with Gasteiger partial charge in [0.05, 0.1) is 19.1 Å². The highest BCUT2D eigenvalue weighted by atomic mass is 32.1. The summed E-state index contributed by atoms with van der Waals surface area (Å²) in [5, 5.41) is 18.1. The summed E-state index contributed by atoms with van der Waals surface area (Å²) in [6, 6.07) is 15.2. The molecule has 0 aliphatic heterocycles. The first-order chi connectivity index (χ1) is 16.2. The van der Waals surface area contributed by atoms with Crippen molar-refractivity contribution in [3.63, 3.8) is 0 Å². The summed E-state index contributed by atoms with van der Waals surface area (Å²) in [5.41, 5.74) is 1.07. The van der Waals surface area contributed by atoms with E-state index in [1.807, 2.05) is 41.8 Å². The first-order valence-electron chi connectivity index (χ1n) is 11.0. The van der Waals surface area contributed by atoms with Gasteiger partial charge < -0.3 is 14.8 Å². The lowest BCUT2D eigenvalue weighted by Crippen LogP contribution is -2.43. The van der Waals surface area contributed by atoms with Crippen molar-refractivity contribution in [2.75, 3.05) is 20.3 Å². The van der Waals surface area contributed by atoms with Crippen molar-refractivity contribution in [1.29, 1.82) is 0 Å². The highest BCUT2D eigenvalue weighted by Crippen LogP contribution is 2.43. The van der Waals surface area contributed by atoms with E-state index in [9.17, 15) is 4.79 Å². The van der Waals surface area contributed by atoms with Gasteiger partial charge in [-0.1, -0.05) is 31.0 Å². The molecule has 1 aliphatic rings. The van der Waals surface area contributed by atoms with Crippen molar-refractivity contribution in [2.24, 2.45) is 0 Å². The quantitative estimate of drug-likeness (QED) is 0.399. The predicted octanol–water partition coefficient (Wildman–Crippen LogP) is 3.87. The zero-order chi connectivity index (χ0) is 22.7. The van der Waals surface area contributed by atoms with Crippen molar-refractivity contribution >= 4 is 22.9 Å². The van der Waals surface area contributed by atoms with Crippen LogP contribution in [0.1, 0.15) is 30.6 Å². The topological polar surface area (TPSA) is 90.6 Å². The highest BCUT2D eigenvalue weighted by molar-refractivity contribution is 7.10. The van der Waals surface area contributed by atoms with Gasteiger partial charge in [-0.25, -0.2) is 0 Å². The van der Waals surface area contributed by atoms with Gasteiger partial charge in [0.2, 0.25) is 11.8 Å². The number of methoxy groups -OCH3 is 1. The lowest BCUT2D eigenvalue weighted by Gasteiger charge is -2.26. The Bertz CT molecular complexity index is 1250. The molecule has 0 radical (unpaired) electrons. The van der Waals surface area contributed by atoms with Gasteiger partial charge in [-0.3, -0.25) is 4.79 Å². The van der Waals surface area contributed by atoms with E-state index in [1.165, 1.54) is 0 Å². The van der Waals surface area contributed by atoms with Crippen molar-refractivity contribution < 1.29 is 14.3 Å². The minimum atomic E-state index is -0.389. The standard InChI is InChI=1S/C24H25N5O3S/c1-31-18-7-4-6-17(16-18)22-27-26-20-9-10-21(28-29(20)22)32-14-13-25-23(30)24(11-2-3-12-24)19-8-5-15-33-19/h4-10,15-16H,2-3,11-14H2,1H3,(H,25,30). The number of ether oxygens (including phenoxy) is 2. The van der Waals surface area contributed by atoms with Crippen LogP contribution < -0.4 is 14.8 Å². The van der Waals surface area contributed by atoms with Gasteiger partial charge >= 0.3 is 0 Å². The number of hydrogen-bond donors (Lipinski definition) is 1. The van der Waals surface area contributed by atoms with Gasteiger partial charge in [0.1, 0.15) is 12.4 Å². The Morgan fingerprint density at radius 2 is 2.03 bits per heavy atom. The summed E-state index contributed by atoms with van der Waals surface area (Å²) in [7, 11) is 1.62. The molecule has 9 heteroatoms. The molecule has 8 nitrogen and oxygen atoms in total. The number of nitrogens with one attached hydrogen (secondary N) is 1. The third kappa shape index (κ3) is 4.16. The monoisotopic (exact) mass is 463 g/mol. The van der Waals surface area contributed by atoms with Crippen LogP contribution in [0.15, 0.2) is 53.9 Å². The van der Waals surface area contributed by atoms with Gasteiger partial charge in [-0.05, 0) is 42.5 Å². The lowest BCUT2D eigenvalue weighted by molar-refractivity contribution is -0.126. The van der Waals surface area contributed by atoms with E-state index in [-0.39, 0.29) is 11.3 Å². The third-order valence-electron chi connectivity index (χ3n) is 6.09. The molecule has 33 heavy (non-hydrogen) atoms. The Morgan fingerprint density at radius 3 is 2.82 bits per heavy atom. The Balaban J connectivity index is 1.24. The summed E-state index contributed by atoms with van der Waals surface area (Å²) in [4.78, 5) is 14.2. The average molecular weight is 464 g/mol. The largest absolute Gasteiger partial charge is 0.497 e. The number of thiophene rings is 1. The lowest BCUT2D eigenvalue weighted by atomic mass is 9.83. The zero-order valence-corrected chi connectivity index (χ0v) is 19.2. The fourth-order valence-electron chi connectivity index (χ4n) is 4.40. The van der Waals surface area contributed by atoms with E-state index in [2.05, 4.69) is 26.7 Å². The predicted molar refractivity (Wildman–Crippen MR) is 126 cm³/mol. The van der Waals surface area contributed by atoms with Crippen LogP contribution in [0.5, 0.6) is 11.6 Å². The molecule has 1 fully saturated rings. The molecular weight excluding hydrogens is 438 g/mol. The van der Waals surface area contributed by atoms with Gasteiger partial charge in [0, 0.05) is 16.5 Å². The molecule has 0 spiro atoms. The Morgan fingerprint density at radius 1 is 1.15 bits per heavy atom. The zero-order valence-electron chi connectivity index (χ0n) is 18.4. The molecule has 1 aromatic carbocycles. The minimum absolute atomic E-state index is 0.0913. The fourth-order valence-corrected chi connectivity index (χ4v) is 5.38. The SMILES string of the molecule is COc1cccc(-c2nnc3ccc(OCCNC(=O)C4(c5cccs5)CCCC4)nn23)c1. The summed E-state index contributed by atoms with van der Waals surface area (Å²) in [5.74, 6) is 1.86. The molecule has 4 aromatic rings. The molecule has 0 saturated heterocycles. The highest BCUT2D eigenvalue weighted by Gasteiger charge is 2.43. The Hall–Kier alpha value is -3.46. The minimum Gasteiger partial charge on any atom is -0.497 e. The molecule has 3 heterocycles. The second-order valence-corrected chi connectivity index (χ2v) is 9.02. The van der Waals surface area contributed by atoms with Crippen LogP contribution >= 0.6 is 11.3 Å². The number of carbonyl (C=O) groups is 1. The second kappa shape index (κ2) is 9.19. The summed E-state index contributed by atoms with van der Waals surface area (Å²) < 4.78 is 12.8. The maximum atomic E-state index is 13.1. The normalized spacial score (nSPS) is 14.9. The first-order valence-corrected chi connectivity index (χ1v) is 11.9. The molecule has 170 valence electrons. The third-order valence-corrected chi connectivity index (χ3v) is 7.16. The molecular formula is C24H25N5O3S. The van der Waals surface area contributed by atoms with Crippen LogP contribution in [0.3, 0.4) is 0 Å². The maximum absolute atomic E-state index is 13.1. The molecule has 1 N–H and O–H groups in total. The summed E-state index contributed by atoms with van der Waals surface area (Å²) >= 11 is 1.66. The first kappa shape index (κ1) is 21.4. The molecule has 1 saturated carbocycles. The number of carbonyl (C=O) groups excluding carboxylic acids is 1. The number of rotatable bonds is 8. The van der Waals surface area contributed by atoms with Crippen LogP contribution in [-0.2, 0) is 10.2 Å². The molecule has 1 aliphatic carbocycles. The van der Waals surface area contributed by atoms with Crippen molar-refractivity contribution in [3.05, 3.63) is 58.8 Å². The number of benzene rings is 1. The Labute approximate surface area is 195 Å². The molecule has 0 unspecified atom stereocenters. The van der Waals surface area contributed by atoms with E-state index < -0.39 is 0 Å². The van der Waals surface area contributed by atoms with Crippen LogP contribution in [0.4, 0.5) is 0 Å². The van der Waals surface area contributed by atoms with E-state index >= 15 is 0 Å². The molecule has 0 atom stereocenters. The van der Waals surface area contributed by atoms with Crippen LogP contribution in [0, 0.1) is 0 Å². The van der Waals surface area contributed by atoms with Gasteiger partial charge in [0.25, 0.3) is 0 Å². The molecule has 0 bridgehead atoms. The van der Waals surface area contributed by atoms with Crippen molar-refractivity contribution in [2.45, 2.75) is 31.1 Å². The molecule has 3 aromatic heterocycles. The molecule has 5 rings (SSSR count). The smallest absolute Gasteiger partial charge is 0.231 e. The van der Waals surface area contributed by atoms with Crippen molar-refractivity contribution in [1.82, 2.24) is 25.1 Å². The van der Waals surface area contributed by atoms with Crippen LogP contribution in [0.25, 0.3) is 17.0 Å².